The van der Waals surface area contributed by atoms with Gasteiger partial charge in [-0.2, -0.15) is 0 Å². The minimum absolute atomic E-state index is 0.0269. The van der Waals surface area contributed by atoms with E-state index in [1.54, 1.807) is 0 Å². The van der Waals surface area contributed by atoms with Crippen LogP contribution < -0.4 is 10.2 Å². The van der Waals surface area contributed by atoms with Crippen LogP contribution in [0.25, 0.3) is 0 Å². The van der Waals surface area contributed by atoms with Gasteiger partial charge in [0.05, 0.1) is 0 Å². The number of nitrogens with zero attached hydrogens (tertiary/aromatic N) is 2. The molecule has 160 valence electrons. The maximum atomic E-state index is 13.3. The van der Waals surface area contributed by atoms with E-state index < -0.39 is 0 Å². The quantitative estimate of drug-likeness (QED) is 0.640. The summed E-state index contributed by atoms with van der Waals surface area (Å²) in [6.45, 7) is 7.26. The van der Waals surface area contributed by atoms with Crippen LogP contribution in [0.3, 0.4) is 0 Å². The Hall–Kier alpha value is -2.49. The molecule has 2 amide bonds. The molecule has 0 aromatic heterocycles. The Kier molecular flexibility index (Phi) is 6.61. The summed E-state index contributed by atoms with van der Waals surface area (Å²) in [5.41, 5.74) is 6.22. The molecule has 0 unspecified atom stereocenters. The molecule has 0 spiro atoms. The lowest BCUT2D eigenvalue weighted by atomic mass is 9.98. The summed E-state index contributed by atoms with van der Waals surface area (Å²) in [6.07, 6.45) is 8.01. The number of nitrogens with one attached hydrogen (secondary N) is 1. The van der Waals surface area contributed by atoms with Crippen LogP contribution in [0.4, 0.5) is 16.2 Å². The third kappa shape index (κ3) is 4.63. The number of carbonyl (C=O) groups excluding carboxylic acids is 1. The largest absolute Gasteiger partial charge is 0.372 e. The molecule has 1 fully saturated rings. The number of anilines is 2. The van der Waals surface area contributed by atoms with Crippen molar-refractivity contribution in [3.8, 4) is 0 Å². The number of rotatable bonds is 6. The lowest BCUT2D eigenvalue weighted by Crippen LogP contribution is -2.41. The Morgan fingerprint density at radius 3 is 2.47 bits per heavy atom. The van der Waals surface area contributed by atoms with Gasteiger partial charge in [0.15, 0.2) is 0 Å². The summed E-state index contributed by atoms with van der Waals surface area (Å²) >= 11 is 0. The molecule has 4 rings (SSSR count). The van der Waals surface area contributed by atoms with Gasteiger partial charge in [-0.15, -0.1) is 0 Å². The van der Waals surface area contributed by atoms with Gasteiger partial charge in [-0.1, -0.05) is 44.0 Å². The normalized spacial score (nSPS) is 16.4. The lowest BCUT2D eigenvalue weighted by Gasteiger charge is -2.32. The Morgan fingerprint density at radius 1 is 1.03 bits per heavy atom. The van der Waals surface area contributed by atoms with Crippen LogP contribution in [0.15, 0.2) is 42.5 Å². The summed E-state index contributed by atoms with van der Waals surface area (Å²) in [5, 5.41) is 3.15. The molecule has 1 aliphatic heterocycles. The molecular weight excluding hydrogens is 370 g/mol. The maximum absolute atomic E-state index is 13.3. The zero-order valence-electron chi connectivity index (χ0n) is 18.5. The number of carbonyl (C=O) groups is 1. The molecule has 2 aromatic carbocycles. The monoisotopic (exact) mass is 405 g/mol. The average Bonchev–Trinajstić information content (AvgIpc) is 3.31. The van der Waals surface area contributed by atoms with Gasteiger partial charge >= 0.3 is 6.03 Å². The van der Waals surface area contributed by atoms with E-state index in [1.807, 2.05) is 12.1 Å². The maximum Gasteiger partial charge on any atom is 0.322 e. The van der Waals surface area contributed by atoms with E-state index in [-0.39, 0.29) is 6.03 Å². The third-order valence-electron chi connectivity index (χ3n) is 6.73. The fourth-order valence-electron chi connectivity index (χ4n) is 4.95. The van der Waals surface area contributed by atoms with Crippen LogP contribution in [0.2, 0.25) is 0 Å². The summed E-state index contributed by atoms with van der Waals surface area (Å²) in [5.74, 6) is 0. The predicted molar refractivity (Wildman–Crippen MR) is 125 cm³/mol. The molecule has 1 N–H and O–H groups in total. The second-order valence-electron chi connectivity index (χ2n) is 8.69. The number of benzene rings is 2. The highest BCUT2D eigenvalue weighted by Crippen LogP contribution is 2.30. The summed E-state index contributed by atoms with van der Waals surface area (Å²) in [4.78, 5) is 17.8. The van der Waals surface area contributed by atoms with Crippen molar-refractivity contribution < 1.29 is 4.79 Å². The molecule has 1 aliphatic carbocycles. The van der Waals surface area contributed by atoms with Crippen molar-refractivity contribution in [2.75, 3.05) is 23.3 Å². The Bertz CT molecular complexity index is 855. The van der Waals surface area contributed by atoms with Crippen molar-refractivity contribution in [2.45, 2.75) is 71.4 Å². The summed E-state index contributed by atoms with van der Waals surface area (Å²) < 4.78 is 0. The second-order valence-corrected chi connectivity index (χ2v) is 8.69. The number of hydrogen-bond acceptors (Lipinski definition) is 2. The van der Waals surface area contributed by atoms with Crippen LogP contribution in [-0.4, -0.2) is 30.1 Å². The van der Waals surface area contributed by atoms with Gasteiger partial charge in [-0.25, -0.2) is 4.79 Å². The van der Waals surface area contributed by atoms with Crippen molar-refractivity contribution in [3.05, 3.63) is 59.2 Å². The van der Waals surface area contributed by atoms with Gasteiger partial charge in [-0.05, 0) is 73.9 Å². The van der Waals surface area contributed by atoms with Crippen molar-refractivity contribution in [2.24, 2.45) is 0 Å². The minimum atomic E-state index is 0.0269. The van der Waals surface area contributed by atoms with Gasteiger partial charge in [0.1, 0.15) is 0 Å². The van der Waals surface area contributed by atoms with Crippen LogP contribution in [0, 0.1) is 0 Å². The number of fused-ring (bicyclic) bond motifs is 1. The molecule has 30 heavy (non-hydrogen) atoms. The van der Waals surface area contributed by atoms with E-state index in [4.69, 9.17) is 0 Å². The van der Waals surface area contributed by atoms with Gasteiger partial charge in [-0.3, -0.25) is 0 Å². The lowest BCUT2D eigenvalue weighted by molar-refractivity contribution is 0.184. The van der Waals surface area contributed by atoms with Crippen LogP contribution in [0.1, 0.15) is 62.6 Å². The zero-order valence-corrected chi connectivity index (χ0v) is 18.5. The van der Waals surface area contributed by atoms with E-state index in [0.717, 1.165) is 44.5 Å². The first-order chi connectivity index (χ1) is 14.7. The molecule has 0 radical (unpaired) electrons. The van der Waals surface area contributed by atoms with Gasteiger partial charge in [0.2, 0.25) is 0 Å². The van der Waals surface area contributed by atoms with Crippen LogP contribution in [-0.2, 0) is 19.4 Å². The molecule has 0 bridgehead atoms. The SMILES string of the molecule is CCc1ccc(NC(=O)N(Cc2ccc3c(c2)CCCN3CC)C2CCCC2)cc1. The average molecular weight is 406 g/mol. The highest BCUT2D eigenvalue weighted by molar-refractivity contribution is 5.89. The minimum Gasteiger partial charge on any atom is -0.372 e. The van der Waals surface area contributed by atoms with Crippen LogP contribution >= 0.6 is 0 Å². The van der Waals surface area contributed by atoms with Gasteiger partial charge in [0, 0.05) is 37.1 Å². The highest BCUT2D eigenvalue weighted by Gasteiger charge is 2.27. The summed E-state index contributed by atoms with van der Waals surface area (Å²) in [6, 6.07) is 15.4. The smallest absolute Gasteiger partial charge is 0.322 e. The molecule has 0 atom stereocenters. The van der Waals surface area contributed by atoms with Gasteiger partial charge < -0.3 is 15.1 Å². The summed E-state index contributed by atoms with van der Waals surface area (Å²) in [7, 11) is 0. The van der Waals surface area contributed by atoms with Crippen molar-refractivity contribution in [3.63, 3.8) is 0 Å². The first-order valence-corrected chi connectivity index (χ1v) is 11.7. The van der Waals surface area contributed by atoms with Crippen molar-refractivity contribution in [1.29, 1.82) is 0 Å². The second kappa shape index (κ2) is 9.55. The van der Waals surface area contributed by atoms with E-state index in [9.17, 15) is 4.79 Å². The number of aryl methyl sites for hydroxylation is 2. The molecular formula is C26H35N3O. The molecule has 2 aliphatic rings. The Balaban J connectivity index is 1.51. The first kappa shape index (κ1) is 20.8. The van der Waals surface area contributed by atoms with E-state index in [1.165, 1.54) is 41.6 Å². The number of urea groups is 1. The molecule has 1 saturated carbocycles. The predicted octanol–water partition coefficient (Wildman–Crippen LogP) is 6.00. The number of hydrogen-bond donors (Lipinski definition) is 1. The fraction of sp³-hybridized carbons (Fsp3) is 0.500. The Labute approximate surface area is 181 Å². The van der Waals surface area contributed by atoms with E-state index >= 15 is 0 Å². The molecule has 0 saturated heterocycles. The standard InChI is InChI=1S/C26H35N3O/c1-3-20-11-14-23(15-12-20)27-26(30)29(24-9-5-6-10-24)19-21-13-16-25-22(18-21)8-7-17-28(25)4-2/h11-16,18,24H,3-10,17,19H2,1-2H3,(H,27,30). The van der Waals surface area contributed by atoms with Gasteiger partial charge in [0.25, 0.3) is 0 Å². The van der Waals surface area contributed by atoms with Crippen molar-refractivity contribution in [1.82, 2.24) is 4.90 Å². The number of amides is 2. The third-order valence-corrected chi connectivity index (χ3v) is 6.73. The topological polar surface area (TPSA) is 35.6 Å². The molecule has 4 nitrogen and oxygen atoms in total. The highest BCUT2D eigenvalue weighted by atomic mass is 16.2. The zero-order chi connectivity index (χ0) is 20.9. The van der Waals surface area contributed by atoms with E-state index in [2.05, 4.69) is 59.3 Å². The first-order valence-electron chi connectivity index (χ1n) is 11.7. The van der Waals surface area contributed by atoms with Crippen LogP contribution in [0.5, 0.6) is 0 Å². The molecule has 4 heteroatoms. The Morgan fingerprint density at radius 2 is 1.77 bits per heavy atom. The molecule has 1 heterocycles. The fourth-order valence-corrected chi connectivity index (χ4v) is 4.95. The van der Waals surface area contributed by atoms with E-state index in [0.29, 0.717) is 12.6 Å². The molecule has 2 aromatic rings. The van der Waals surface area contributed by atoms with Crippen molar-refractivity contribution >= 4 is 17.4 Å².